The molecular weight excluding hydrogens is 302 g/mol. The van der Waals surface area contributed by atoms with Crippen molar-refractivity contribution in [1.82, 2.24) is 0 Å². The van der Waals surface area contributed by atoms with Crippen LogP contribution < -0.4 is 10.1 Å². The Hall–Kier alpha value is -2.33. The molecule has 4 nitrogen and oxygen atoms in total. The number of carbonyl (C=O) groups excluding carboxylic acids is 2. The number of nitrogens with one attached hydrogen (secondary N) is 1. The minimum absolute atomic E-state index is 0.201. The molecule has 1 N–H and O–H groups in total. The zero-order chi connectivity index (χ0) is 16.1. The van der Waals surface area contributed by atoms with Gasteiger partial charge in [0, 0.05) is 16.3 Å². The van der Waals surface area contributed by atoms with E-state index < -0.39 is 0 Å². The summed E-state index contributed by atoms with van der Waals surface area (Å²) in [6, 6.07) is 13.2. The SMILES string of the molecule is CC(C)C(=O)Oc1ccc(C(=O)Nc2ccc(Cl)cc2)cc1. The van der Waals surface area contributed by atoms with Crippen LogP contribution in [0.4, 0.5) is 5.69 Å². The highest BCUT2D eigenvalue weighted by atomic mass is 35.5. The molecule has 0 fully saturated rings. The van der Waals surface area contributed by atoms with Gasteiger partial charge >= 0.3 is 5.97 Å². The maximum absolute atomic E-state index is 12.1. The van der Waals surface area contributed by atoms with Gasteiger partial charge in [0.2, 0.25) is 0 Å². The summed E-state index contributed by atoms with van der Waals surface area (Å²) in [6.07, 6.45) is 0. The van der Waals surface area contributed by atoms with Crippen LogP contribution in [0.3, 0.4) is 0 Å². The zero-order valence-corrected chi connectivity index (χ0v) is 13.1. The summed E-state index contributed by atoms with van der Waals surface area (Å²) < 4.78 is 5.16. The van der Waals surface area contributed by atoms with Gasteiger partial charge in [0.05, 0.1) is 5.92 Å². The molecule has 1 amide bonds. The van der Waals surface area contributed by atoms with Crippen LogP contribution in [-0.4, -0.2) is 11.9 Å². The summed E-state index contributed by atoms with van der Waals surface area (Å²) in [6.45, 7) is 3.52. The van der Waals surface area contributed by atoms with Gasteiger partial charge in [0.15, 0.2) is 0 Å². The number of hydrogen-bond acceptors (Lipinski definition) is 3. The first kappa shape index (κ1) is 16.0. The van der Waals surface area contributed by atoms with Gasteiger partial charge in [-0.15, -0.1) is 0 Å². The van der Waals surface area contributed by atoms with E-state index in [0.717, 1.165) is 0 Å². The number of anilines is 1. The van der Waals surface area contributed by atoms with Gasteiger partial charge in [0.1, 0.15) is 5.75 Å². The van der Waals surface area contributed by atoms with Crippen LogP contribution in [0, 0.1) is 5.92 Å². The lowest BCUT2D eigenvalue weighted by Crippen LogP contribution is -2.15. The first-order valence-corrected chi connectivity index (χ1v) is 7.22. The number of esters is 1. The van der Waals surface area contributed by atoms with Gasteiger partial charge in [-0.25, -0.2) is 0 Å². The van der Waals surface area contributed by atoms with E-state index in [1.54, 1.807) is 62.4 Å². The second-order valence-corrected chi connectivity index (χ2v) is 5.50. The van der Waals surface area contributed by atoms with E-state index >= 15 is 0 Å². The molecule has 22 heavy (non-hydrogen) atoms. The van der Waals surface area contributed by atoms with Crippen molar-refractivity contribution in [1.29, 1.82) is 0 Å². The van der Waals surface area contributed by atoms with Crippen LogP contribution in [0.1, 0.15) is 24.2 Å². The fourth-order valence-electron chi connectivity index (χ4n) is 1.64. The number of carbonyl (C=O) groups is 2. The van der Waals surface area contributed by atoms with E-state index in [0.29, 0.717) is 22.0 Å². The lowest BCUT2D eigenvalue weighted by Gasteiger charge is -2.08. The van der Waals surface area contributed by atoms with Crippen molar-refractivity contribution in [3.8, 4) is 5.75 Å². The molecule has 0 heterocycles. The molecule has 0 aliphatic carbocycles. The average Bonchev–Trinajstić information content (AvgIpc) is 2.50. The molecule has 2 rings (SSSR count). The Morgan fingerprint density at radius 3 is 2.14 bits per heavy atom. The van der Waals surface area contributed by atoms with E-state index in [2.05, 4.69) is 5.32 Å². The molecule has 0 saturated carbocycles. The molecular formula is C17H16ClNO3. The summed E-state index contributed by atoms with van der Waals surface area (Å²) in [5.41, 5.74) is 1.13. The average molecular weight is 318 g/mol. The lowest BCUT2D eigenvalue weighted by molar-refractivity contribution is -0.137. The Balaban J connectivity index is 2.02. The highest BCUT2D eigenvalue weighted by Crippen LogP contribution is 2.17. The van der Waals surface area contributed by atoms with Crippen molar-refractivity contribution < 1.29 is 14.3 Å². The zero-order valence-electron chi connectivity index (χ0n) is 12.3. The second kappa shape index (κ2) is 7.09. The number of benzene rings is 2. The van der Waals surface area contributed by atoms with Crippen LogP contribution in [-0.2, 0) is 4.79 Å². The van der Waals surface area contributed by atoms with E-state index in [4.69, 9.17) is 16.3 Å². The fraction of sp³-hybridized carbons (Fsp3) is 0.176. The number of amides is 1. The normalized spacial score (nSPS) is 10.4. The topological polar surface area (TPSA) is 55.4 Å². The van der Waals surface area contributed by atoms with Crippen molar-refractivity contribution >= 4 is 29.2 Å². The maximum Gasteiger partial charge on any atom is 0.313 e. The molecule has 0 spiro atoms. The molecule has 114 valence electrons. The van der Waals surface area contributed by atoms with E-state index in [1.807, 2.05) is 0 Å². The van der Waals surface area contributed by atoms with Crippen LogP contribution in [0.5, 0.6) is 5.75 Å². The minimum Gasteiger partial charge on any atom is -0.426 e. The summed E-state index contributed by atoms with van der Waals surface area (Å²) >= 11 is 5.79. The molecule has 0 aromatic heterocycles. The third-order valence-electron chi connectivity index (χ3n) is 2.91. The van der Waals surface area contributed by atoms with Gasteiger partial charge in [-0.1, -0.05) is 25.4 Å². The molecule has 2 aromatic rings. The van der Waals surface area contributed by atoms with Crippen LogP contribution in [0.25, 0.3) is 0 Å². The van der Waals surface area contributed by atoms with Crippen molar-refractivity contribution in [3.63, 3.8) is 0 Å². The molecule has 0 saturated heterocycles. The third kappa shape index (κ3) is 4.33. The number of rotatable bonds is 4. The summed E-state index contributed by atoms with van der Waals surface area (Å²) in [5, 5.41) is 3.36. The smallest absolute Gasteiger partial charge is 0.313 e. The Kier molecular flexibility index (Phi) is 5.17. The summed E-state index contributed by atoms with van der Waals surface area (Å²) in [7, 11) is 0. The summed E-state index contributed by atoms with van der Waals surface area (Å²) in [5.74, 6) is -0.336. The highest BCUT2D eigenvalue weighted by molar-refractivity contribution is 6.30. The molecule has 0 aliphatic heterocycles. The first-order chi connectivity index (χ1) is 10.5. The number of hydrogen-bond donors (Lipinski definition) is 1. The molecule has 5 heteroatoms. The molecule has 0 bridgehead atoms. The first-order valence-electron chi connectivity index (χ1n) is 6.84. The van der Waals surface area contributed by atoms with E-state index in [1.165, 1.54) is 0 Å². The standard InChI is InChI=1S/C17H16ClNO3/c1-11(2)17(21)22-15-9-3-12(4-10-15)16(20)19-14-7-5-13(18)6-8-14/h3-11H,1-2H3,(H,19,20). The summed E-state index contributed by atoms with van der Waals surface area (Å²) in [4.78, 5) is 23.6. The van der Waals surface area contributed by atoms with Crippen LogP contribution in [0.15, 0.2) is 48.5 Å². The van der Waals surface area contributed by atoms with Gasteiger partial charge in [0.25, 0.3) is 5.91 Å². The lowest BCUT2D eigenvalue weighted by atomic mass is 10.2. The Morgan fingerprint density at radius 1 is 1.00 bits per heavy atom. The minimum atomic E-state index is -0.307. The molecule has 0 atom stereocenters. The van der Waals surface area contributed by atoms with E-state index in [-0.39, 0.29) is 17.8 Å². The van der Waals surface area contributed by atoms with E-state index in [9.17, 15) is 9.59 Å². The van der Waals surface area contributed by atoms with Gasteiger partial charge in [-0.05, 0) is 48.5 Å². The number of halogens is 1. The third-order valence-corrected chi connectivity index (χ3v) is 3.16. The highest BCUT2D eigenvalue weighted by Gasteiger charge is 2.11. The van der Waals surface area contributed by atoms with Gasteiger partial charge in [-0.2, -0.15) is 0 Å². The number of ether oxygens (including phenoxy) is 1. The molecule has 0 aliphatic rings. The predicted molar refractivity (Wildman–Crippen MR) is 86.3 cm³/mol. The molecule has 0 unspecified atom stereocenters. The second-order valence-electron chi connectivity index (χ2n) is 5.06. The van der Waals surface area contributed by atoms with Gasteiger partial charge < -0.3 is 10.1 Å². The fourth-order valence-corrected chi connectivity index (χ4v) is 1.77. The maximum atomic E-state index is 12.1. The predicted octanol–water partition coefficient (Wildman–Crippen LogP) is 4.15. The quantitative estimate of drug-likeness (QED) is 0.680. The van der Waals surface area contributed by atoms with Crippen LogP contribution >= 0.6 is 11.6 Å². The Bertz CT molecular complexity index is 663. The molecule has 0 radical (unpaired) electrons. The van der Waals surface area contributed by atoms with Gasteiger partial charge in [-0.3, -0.25) is 9.59 Å². The van der Waals surface area contributed by atoms with Crippen molar-refractivity contribution in [2.75, 3.05) is 5.32 Å². The van der Waals surface area contributed by atoms with Crippen LogP contribution in [0.2, 0.25) is 5.02 Å². The van der Waals surface area contributed by atoms with Crippen molar-refractivity contribution in [2.24, 2.45) is 5.92 Å². The molecule has 2 aromatic carbocycles. The Morgan fingerprint density at radius 2 is 1.59 bits per heavy atom. The van der Waals surface area contributed by atoms with Crippen molar-refractivity contribution in [2.45, 2.75) is 13.8 Å². The monoisotopic (exact) mass is 317 g/mol. The largest absolute Gasteiger partial charge is 0.426 e. The van der Waals surface area contributed by atoms with Crippen molar-refractivity contribution in [3.05, 3.63) is 59.1 Å². The Labute approximate surface area is 134 Å².